The number of nitrogens with one attached hydrogen (secondary N) is 1. The van der Waals surface area contributed by atoms with Gasteiger partial charge in [-0.2, -0.15) is 5.10 Å². The third kappa shape index (κ3) is 2.85. The SMILES string of the molecule is CCCC(C)NC(C)c1c(C)nn(C)c1C. The van der Waals surface area contributed by atoms with Gasteiger partial charge in [0.25, 0.3) is 0 Å². The first-order chi connectivity index (χ1) is 7.47. The number of aryl methyl sites for hydroxylation is 2. The number of rotatable bonds is 5. The van der Waals surface area contributed by atoms with Crippen molar-refractivity contribution in [1.82, 2.24) is 15.1 Å². The summed E-state index contributed by atoms with van der Waals surface area (Å²) in [7, 11) is 2.01. The minimum atomic E-state index is 0.384. The largest absolute Gasteiger partial charge is 0.308 e. The Bertz CT molecular complexity index is 341. The van der Waals surface area contributed by atoms with Crippen LogP contribution in [0.1, 0.15) is 56.6 Å². The summed E-state index contributed by atoms with van der Waals surface area (Å²) in [6.45, 7) is 10.9. The first-order valence-corrected chi connectivity index (χ1v) is 6.23. The van der Waals surface area contributed by atoms with Gasteiger partial charge in [0, 0.05) is 30.4 Å². The molecule has 0 aliphatic carbocycles. The molecule has 1 heterocycles. The van der Waals surface area contributed by atoms with E-state index in [4.69, 9.17) is 0 Å². The van der Waals surface area contributed by atoms with Gasteiger partial charge in [-0.15, -0.1) is 0 Å². The van der Waals surface area contributed by atoms with Gasteiger partial charge in [-0.3, -0.25) is 4.68 Å². The average Bonchev–Trinajstić information content (AvgIpc) is 2.41. The van der Waals surface area contributed by atoms with E-state index in [2.05, 4.69) is 45.0 Å². The third-order valence-electron chi connectivity index (χ3n) is 3.25. The molecule has 1 aromatic rings. The van der Waals surface area contributed by atoms with Crippen LogP contribution in [0.5, 0.6) is 0 Å². The molecule has 0 fully saturated rings. The van der Waals surface area contributed by atoms with Gasteiger partial charge in [-0.1, -0.05) is 13.3 Å². The van der Waals surface area contributed by atoms with E-state index < -0.39 is 0 Å². The second kappa shape index (κ2) is 5.48. The highest BCUT2D eigenvalue weighted by atomic mass is 15.3. The molecule has 0 amide bonds. The topological polar surface area (TPSA) is 29.9 Å². The van der Waals surface area contributed by atoms with E-state index in [1.165, 1.54) is 24.1 Å². The van der Waals surface area contributed by atoms with Crippen molar-refractivity contribution in [3.8, 4) is 0 Å². The fourth-order valence-corrected chi connectivity index (χ4v) is 2.44. The van der Waals surface area contributed by atoms with Gasteiger partial charge < -0.3 is 5.32 Å². The Labute approximate surface area is 99.2 Å². The normalized spacial score (nSPS) is 15.1. The monoisotopic (exact) mass is 223 g/mol. The van der Waals surface area contributed by atoms with Crippen LogP contribution in [0.3, 0.4) is 0 Å². The Kier molecular flexibility index (Phi) is 4.54. The summed E-state index contributed by atoms with van der Waals surface area (Å²) in [4.78, 5) is 0. The molecule has 0 aliphatic rings. The number of hydrogen-bond donors (Lipinski definition) is 1. The highest BCUT2D eigenvalue weighted by Crippen LogP contribution is 2.21. The zero-order valence-corrected chi connectivity index (χ0v) is 11.5. The van der Waals surface area contributed by atoms with Crippen LogP contribution in [-0.2, 0) is 7.05 Å². The maximum absolute atomic E-state index is 4.46. The molecule has 1 aromatic heterocycles. The van der Waals surface area contributed by atoms with Gasteiger partial charge in [0.2, 0.25) is 0 Å². The summed E-state index contributed by atoms with van der Waals surface area (Å²) >= 11 is 0. The lowest BCUT2D eigenvalue weighted by molar-refractivity contribution is 0.450. The first kappa shape index (κ1) is 13.2. The molecule has 0 saturated heterocycles. The maximum atomic E-state index is 4.46. The molecule has 92 valence electrons. The molecular formula is C13H25N3. The number of hydrogen-bond acceptors (Lipinski definition) is 2. The Morgan fingerprint density at radius 1 is 1.31 bits per heavy atom. The zero-order chi connectivity index (χ0) is 12.3. The second-order valence-electron chi connectivity index (χ2n) is 4.79. The van der Waals surface area contributed by atoms with Gasteiger partial charge in [0.1, 0.15) is 0 Å². The molecule has 3 nitrogen and oxygen atoms in total. The standard InChI is InChI=1S/C13H25N3/c1-7-8-9(2)14-10(3)13-11(4)15-16(6)12(13)5/h9-10,14H,7-8H2,1-6H3. The molecule has 0 aliphatic heterocycles. The van der Waals surface area contributed by atoms with Crippen LogP contribution in [0, 0.1) is 13.8 Å². The van der Waals surface area contributed by atoms with Crippen molar-refractivity contribution in [2.45, 2.75) is 59.5 Å². The van der Waals surface area contributed by atoms with Crippen molar-refractivity contribution in [2.75, 3.05) is 0 Å². The Morgan fingerprint density at radius 2 is 1.94 bits per heavy atom. The lowest BCUT2D eigenvalue weighted by atomic mass is 10.0. The van der Waals surface area contributed by atoms with Crippen LogP contribution in [0.25, 0.3) is 0 Å². The molecule has 3 heteroatoms. The molecule has 0 radical (unpaired) electrons. The van der Waals surface area contributed by atoms with E-state index >= 15 is 0 Å². The summed E-state index contributed by atoms with van der Waals surface area (Å²) in [6.07, 6.45) is 2.45. The lowest BCUT2D eigenvalue weighted by Crippen LogP contribution is -2.29. The van der Waals surface area contributed by atoms with E-state index in [0.29, 0.717) is 12.1 Å². The van der Waals surface area contributed by atoms with Crippen molar-refractivity contribution >= 4 is 0 Å². The molecule has 0 spiro atoms. The van der Waals surface area contributed by atoms with Crippen molar-refractivity contribution in [3.05, 3.63) is 17.0 Å². The smallest absolute Gasteiger partial charge is 0.0644 e. The number of nitrogens with zero attached hydrogens (tertiary/aromatic N) is 2. The predicted octanol–water partition coefficient (Wildman–Crippen LogP) is 2.88. The lowest BCUT2D eigenvalue weighted by Gasteiger charge is -2.20. The molecule has 2 atom stereocenters. The summed E-state index contributed by atoms with van der Waals surface area (Å²) in [6, 6.07) is 0.953. The van der Waals surface area contributed by atoms with Gasteiger partial charge >= 0.3 is 0 Å². The number of aromatic nitrogens is 2. The van der Waals surface area contributed by atoms with E-state index in [0.717, 1.165) is 5.69 Å². The Hall–Kier alpha value is -0.830. The highest BCUT2D eigenvalue weighted by molar-refractivity contribution is 5.27. The Morgan fingerprint density at radius 3 is 2.38 bits per heavy atom. The summed E-state index contributed by atoms with van der Waals surface area (Å²) < 4.78 is 1.97. The zero-order valence-electron chi connectivity index (χ0n) is 11.5. The predicted molar refractivity (Wildman–Crippen MR) is 68.6 cm³/mol. The van der Waals surface area contributed by atoms with Gasteiger partial charge in [0.15, 0.2) is 0 Å². The minimum absolute atomic E-state index is 0.384. The molecule has 1 rings (SSSR count). The molecule has 0 aromatic carbocycles. The van der Waals surface area contributed by atoms with Crippen molar-refractivity contribution in [2.24, 2.45) is 7.05 Å². The van der Waals surface area contributed by atoms with Crippen molar-refractivity contribution < 1.29 is 0 Å². The van der Waals surface area contributed by atoms with E-state index in [1.54, 1.807) is 0 Å². The molecule has 0 saturated carbocycles. The van der Waals surface area contributed by atoms with Gasteiger partial charge in [-0.05, 0) is 34.1 Å². The molecule has 0 bridgehead atoms. The van der Waals surface area contributed by atoms with E-state index in [9.17, 15) is 0 Å². The highest BCUT2D eigenvalue weighted by Gasteiger charge is 2.17. The van der Waals surface area contributed by atoms with Crippen LogP contribution >= 0.6 is 0 Å². The quantitative estimate of drug-likeness (QED) is 0.832. The summed E-state index contributed by atoms with van der Waals surface area (Å²) in [5, 5.41) is 8.10. The summed E-state index contributed by atoms with van der Waals surface area (Å²) in [5.74, 6) is 0. The van der Waals surface area contributed by atoms with Gasteiger partial charge in [-0.25, -0.2) is 0 Å². The van der Waals surface area contributed by atoms with E-state index in [1.807, 2.05) is 11.7 Å². The van der Waals surface area contributed by atoms with Crippen LogP contribution < -0.4 is 5.32 Å². The van der Waals surface area contributed by atoms with Crippen LogP contribution in [-0.4, -0.2) is 15.8 Å². The molecule has 1 N–H and O–H groups in total. The summed E-state index contributed by atoms with van der Waals surface area (Å²) in [5.41, 5.74) is 3.76. The maximum Gasteiger partial charge on any atom is 0.0644 e. The fraction of sp³-hybridized carbons (Fsp3) is 0.769. The van der Waals surface area contributed by atoms with Crippen LogP contribution in [0.2, 0.25) is 0 Å². The van der Waals surface area contributed by atoms with E-state index in [-0.39, 0.29) is 0 Å². The van der Waals surface area contributed by atoms with Crippen molar-refractivity contribution in [3.63, 3.8) is 0 Å². The molecular weight excluding hydrogens is 198 g/mol. The van der Waals surface area contributed by atoms with Crippen LogP contribution in [0.4, 0.5) is 0 Å². The fourth-order valence-electron chi connectivity index (χ4n) is 2.44. The molecule has 16 heavy (non-hydrogen) atoms. The minimum Gasteiger partial charge on any atom is -0.308 e. The van der Waals surface area contributed by atoms with Crippen molar-refractivity contribution in [1.29, 1.82) is 0 Å². The van der Waals surface area contributed by atoms with Crippen LogP contribution in [0.15, 0.2) is 0 Å². The third-order valence-corrected chi connectivity index (χ3v) is 3.25. The Balaban J connectivity index is 2.76. The first-order valence-electron chi connectivity index (χ1n) is 6.23. The molecule has 2 unspecified atom stereocenters. The average molecular weight is 223 g/mol. The second-order valence-corrected chi connectivity index (χ2v) is 4.79. The van der Waals surface area contributed by atoms with Gasteiger partial charge in [0.05, 0.1) is 5.69 Å².